The fourth-order valence-corrected chi connectivity index (χ4v) is 3.00. The number of H-pyrrole nitrogens is 1. The Morgan fingerprint density at radius 1 is 1.20 bits per heavy atom. The molecule has 0 aliphatic carbocycles. The van der Waals surface area contributed by atoms with Crippen LogP contribution in [-0.2, 0) is 6.42 Å². The number of aromatic nitrogens is 3. The number of hydrogen-bond donors (Lipinski definition) is 1. The second-order valence-corrected chi connectivity index (χ2v) is 6.15. The van der Waals surface area contributed by atoms with Crippen LogP contribution in [0.4, 0.5) is 0 Å². The van der Waals surface area contributed by atoms with Crippen molar-refractivity contribution in [3.63, 3.8) is 0 Å². The van der Waals surface area contributed by atoms with Gasteiger partial charge in [-0.05, 0) is 42.8 Å². The zero-order chi connectivity index (χ0) is 17.5. The fraction of sp³-hybridized carbons (Fsp3) is 0.400. The van der Waals surface area contributed by atoms with Crippen molar-refractivity contribution in [2.45, 2.75) is 26.7 Å². The molecule has 0 amide bonds. The lowest BCUT2D eigenvalue weighted by molar-refractivity contribution is 0.249. The molecule has 0 fully saturated rings. The van der Waals surface area contributed by atoms with Gasteiger partial charge in [0.05, 0.1) is 12.8 Å². The third-order valence-corrected chi connectivity index (χ3v) is 4.49. The largest absolute Gasteiger partial charge is 0.492 e. The minimum atomic E-state index is 0.714. The molecule has 0 aliphatic rings. The Balaban J connectivity index is 1.64. The van der Waals surface area contributed by atoms with Crippen LogP contribution in [0.2, 0.25) is 0 Å². The molecule has 5 heteroatoms. The highest BCUT2D eigenvalue weighted by Gasteiger charge is 2.08. The first-order valence-corrected chi connectivity index (χ1v) is 9.00. The highest BCUT2D eigenvalue weighted by molar-refractivity contribution is 5.81. The number of ether oxygens (including phenoxy) is 1. The van der Waals surface area contributed by atoms with Crippen LogP contribution in [0.15, 0.2) is 43.0 Å². The first-order valence-electron chi connectivity index (χ1n) is 9.00. The molecule has 25 heavy (non-hydrogen) atoms. The quantitative estimate of drug-likeness (QED) is 0.605. The maximum atomic E-state index is 5.91. The Labute approximate surface area is 149 Å². The van der Waals surface area contributed by atoms with E-state index in [1.165, 1.54) is 11.1 Å². The maximum absolute atomic E-state index is 5.91. The molecular weight excluding hydrogens is 312 g/mol. The molecule has 0 bridgehead atoms. The van der Waals surface area contributed by atoms with E-state index in [4.69, 9.17) is 4.74 Å². The van der Waals surface area contributed by atoms with Crippen molar-refractivity contribution in [2.24, 2.45) is 0 Å². The Morgan fingerprint density at radius 3 is 2.84 bits per heavy atom. The lowest BCUT2D eigenvalue weighted by atomic mass is 10.1. The predicted molar refractivity (Wildman–Crippen MR) is 101 cm³/mol. The predicted octanol–water partition coefficient (Wildman–Crippen LogP) is 3.66. The van der Waals surface area contributed by atoms with Gasteiger partial charge in [-0.25, -0.2) is 4.98 Å². The first kappa shape index (κ1) is 17.4. The smallest absolute Gasteiger partial charge is 0.138 e. The zero-order valence-corrected chi connectivity index (χ0v) is 15.0. The van der Waals surface area contributed by atoms with Gasteiger partial charge in [-0.1, -0.05) is 19.9 Å². The van der Waals surface area contributed by atoms with Crippen molar-refractivity contribution >= 4 is 11.0 Å². The van der Waals surface area contributed by atoms with Gasteiger partial charge in [-0.3, -0.25) is 4.98 Å². The number of rotatable bonds is 9. The highest BCUT2D eigenvalue weighted by Crippen LogP contribution is 2.23. The van der Waals surface area contributed by atoms with Crippen LogP contribution in [0, 0.1) is 0 Å². The van der Waals surface area contributed by atoms with E-state index >= 15 is 0 Å². The summed E-state index contributed by atoms with van der Waals surface area (Å²) in [6.45, 7) is 8.34. The molecule has 3 aromatic rings. The second kappa shape index (κ2) is 8.62. The van der Waals surface area contributed by atoms with Crippen molar-refractivity contribution in [1.29, 1.82) is 0 Å². The minimum absolute atomic E-state index is 0.714. The van der Waals surface area contributed by atoms with Crippen LogP contribution in [0.5, 0.6) is 5.75 Å². The van der Waals surface area contributed by atoms with Gasteiger partial charge < -0.3 is 14.6 Å². The van der Waals surface area contributed by atoms with Gasteiger partial charge in [0.15, 0.2) is 0 Å². The lowest BCUT2D eigenvalue weighted by Gasteiger charge is -2.17. The molecule has 0 radical (unpaired) electrons. The molecule has 1 N–H and O–H groups in total. The van der Waals surface area contributed by atoms with Crippen molar-refractivity contribution in [2.75, 3.05) is 26.2 Å². The van der Waals surface area contributed by atoms with Gasteiger partial charge >= 0.3 is 0 Å². The van der Waals surface area contributed by atoms with E-state index in [9.17, 15) is 0 Å². The summed E-state index contributed by atoms with van der Waals surface area (Å²) in [7, 11) is 0. The molecule has 0 aliphatic heterocycles. The lowest BCUT2D eigenvalue weighted by Crippen LogP contribution is -2.25. The van der Waals surface area contributed by atoms with E-state index in [0.29, 0.717) is 6.61 Å². The van der Waals surface area contributed by atoms with E-state index in [1.807, 2.05) is 18.5 Å². The third-order valence-electron chi connectivity index (χ3n) is 4.49. The summed E-state index contributed by atoms with van der Waals surface area (Å²) >= 11 is 0. The monoisotopic (exact) mass is 338 g/mol. The number of nitrogens with zero attached hydrogens (tertiary/aromatic N) is 3. The molecule has 0 spiro atoms. The molecule has 3 aromatic heterocycles. The summed E-state index contributed by atoms with van der Waals surface area (Å²) in [5, 5.41) is 1.12. The first-order chi connectivity index (χ1) is 12.3. The molecule has 0 atom stereocenters. The van der Waals surface area contributed by atoms with Crippen LogP contribution in [0.25, 0.3) is 11.0 Å². The molecule has 3 heterocycles. The van der Waals surface area contributed by atoms with E-state index < -0.39 is 0 Å². The van der Waals surface area contributed by atoms with Gasteiger partial charge in [-0.2, -0.15) is 0 Å². The number of pyridine rings is 2. The molecule has 0 unspecified atom stereocenters. The summed E-state index contributed by atoms with van der Waals surface area (Å²) in [4.78, 5) is 14.3. The highest BCUT2D eigenvalue weighted by atomic mass is 16.5. The van der Waals surface area contributed by atoms with Crippen molar-refractivity contribution in [1.82, 2.24) is 19.9 Å². The molecule has 0 aromatic carbocycles. The molecule has 5 nitrogen and oxygen atoms in total. The van der Waals surface area contributed by atoms with Crippen LogP contribution >= 0.6 is 0 Å². The normalized spacial score (nSPS) is 11.3. The van der Waals surface area contributed by atoms with E-state index in [0.717, 1.165) is 49.3 Å². The van der Waals surface area contributed by atoms with Gasteiger partial charge in [0.2, 0.25) is 0 Å². The van der Waals surface area contributed by atoms with Crippen molar-refractivity contribution < 1.29 is 4.74 Å². The number of aromatic amines is 1. The number of fused-ring (bicyclic) bond motifs is 1. The summed E-state index contributed by atoms with van der Waals surface area (Å²) < 4.78 is 5.91. The Hall–Kier alpha value is -2.40. The topological polar surface area (TPSA) is 54.0 Å². The SMILES string of the molecule is CCN(CC)CCCOc1cnc2[nH]cc(Cc3cccnc3)c2c1. The van der Waals surface area contributed by atoms with E-state index in [2.05, 4.69) is 45.8 Å². The van der Waals surface area contributed by atoms with Gasteiger partial charge in [0.1, 0.15) is 11.4 Å². The van der Waals surface area contributed by atoms with Crippen LogP contribution in [0.1, 0.15) is 31.4 Å². The minimum Gasteiger partial charge on any atom is -0.492 e. The number of nitrogens with one attached hydrogen (secondary N) is 1. The average molecular weight is 338 g/mol. The standard InChI is InChI=1S/C20H26N4O/c1-3-24(4-2)9-6-10-25-18-12-19-17(14-22-20(19)23-15-18)11-16-7-5-8-21-13-16/h5,7-8,12-15H,3-4,6,9-11H2,1-2H3,(H,22,23). The Morgan fingerprint density at radius 2 is 2.08 bits per heavy atom. The molecule has 3 rings (SSSR count). The van der Waals surface area contributed by atoms with E-state index in [-0.39, 0.29) is 0 Å². The zero-order valence-electron chi connectivity index (χ0n) is 15.0. The van der Waals surface area contributed by atoms with E-state index in [1.54, 1.807) is 12.4 Å². The third kappa shape index (κ3) is 4.57. The molecule has 0 saturated carbocycles. The Kier molecular flexibility index (Phi) is 6.01. The van der Waals surface area contributed by atoms with Gasteiger partial charge in [-0.15, -0.1) is 0 Å². The summed E-state index contributed by atoms with van der Waals surface area (Å²) in [5.74, 6) is 0.832. The summed E-state index contributed by atoms with van der Waals surface area (Å²) in [6, 6.07) is 6.14. The maximum Gasteiger partial charge on any atom is 0.138 e. The molecule has 132 valence electrons. The van der Waals surface area contributed by atoms with Crippen LogP contribution in [-0.4, -0.2) is 46.1 Å². The molecule has 0 saturated heterocycles. The van der Waals surface area contributed by atoms with Gasteiger partial charge in [0.25, 0.3) is 0 Å². The Bertz CT molecular complexity index is 781. The van der Waals surface area contributed by atoms with Crippen LogP contribution in [0.3, 0.4) is 0 Å². The second-order valence-electron chi connectivity index (χ2n) is 6.15. The fourth-order valence-electron chi connectivity index (χ4n) is 3.00. The van der Waals surface area contributed by atoms with Crippen LogP contribution < -0.4 is 4.74 Å². The summed E-state index contributed by atoms with van der Waals surface area (Å²) in [5.41, 5.74) is 3.30. The van der Waals surface area contributed by atoms with Crippen molar-refractivity contribution in [3.8, 4) is 5.75 Å². The average Bonchev–Trinajstić information content (AvgIpc) is 3.05. The van der Waals surface area contributed by atoms with Crippen molar-refractivity contribution in [3.05, 3.63) is 54.1 Å². The number of hydrogen-bond acceptors (Lipinski definition) is 4. The summed E-state index contributed by atoms with van der Waals surface area (Å²) in [6.07, 6.45) is 9.37. The van der Waals surface area contributed by atoms with Gasteiger partial charge in [0, 0.05) is 36.9 Å². The molecular formula is C20H26N4O.